The van der Waals surface area contributed by atoms with Crippen LogP contribution in [0.5, 0.6) is 0 Å². The van der Waals surface area contributed by atoms with Crippen molar-refractivity contribution in [1.29, 1.82) is 0 Å². The van der Waals surface area contributed by atoms with Gasteiger partial charge in [-0.2, -0.15) is 0 Å². The normalized spacial score (nSPS) is 12.7. The van der Waals surface area contributed by atoms with E-state index in [0.29, 0.717) is 6.04 Å². The van der Waals surface area contributed by atoms with Crippen molar-refractivity contribution in [2.24, 2.45) is 5.84 Å². The van der Waals surface area contributed by atoms with Crippen molar-refractivity contribution in [3.63, 3.8) is 0 Å². The quantitative estimate of drug-likeness (QED) is 0.365. The topological polar surface area (TPSA) is 38.0 Å². The summed E-state index contributed by atoms with van der Waals surface area (Å²) in [5.41, 5.74) is 4.23. The summed E-state index contributed by atoms with van der Waals surface area (Å²) in [4.78, 5) is 0. The number of halogens is 1. The van der Waals surface area contributed by atoms with Gasteiger partial charge in [0, 0.05) is 9.61 Å². The van der Waals surface area contributed by atoms with E-state index in [0.717, 1.165) is 6.42 Å². The Morgan fingerprint density at radius 2 is 2.07 bits per heavy atom. The molecule has 0 heterocycles. The lowest BCUT2D eigenvalue weighted by Crippen LogP contribution is -2.28. The molecule has 3 N–H and O–H groups in total. The van der Waals surface area contributed by atoms with Gasteiger partial charge in [0.05, 0.1) is 0 Å². The lowest BCUT2D eigenvalue weighted by atomic mass is 10.0. The minimum absolute atomic E-state index is 0.296. The molecular formula is C12H19IN2. The van der Waals surface area contributed by atoms with Gasteiger partial charge in [0.15, 0.2) is 0 Å². The molecule has 0 radical (unpaired) electrons. The van der Waals surface area contributed by atoms with Crippen LogP contribution in [0.1, 0.15) is 44.2 Å². The van der Waals surface area contributed by atoms with E-state index in [4.69, 9.17) is 5.84 Å². The average molecular weight is 318 g/mol. The molecule has 84 valence electrons. The van der Waals surface area contributed by atoms with Crippen LogP contribution in [0.4, 0.5) is 0 Å². The zero-order valence-electron chi connectivity index (χ0n) is 9.17. The van der Waals surface area contributed by atoms with E-state index in [1.54, 1.807) is 0 Å². The Morgan fingerprint density at radius 1 is 1.33 bits per heavy atom. The highest BCUT2D eigenvalue weighted by molar-refractivity contribution is 14.1. The van der Waals surface area contributed by atoms with Crippen LogP contribution >= 0.6 is 22.6 Å². The van der Waals surface area contributed by atoms with E-state index >= 15 is 0 Å². The van der Waals surface area contributed by atoms with Crippen LogP contribution in [-0.4, -0.2) is 0 Å². The lowest BCUT2D eigenvalue weighted by molar-refractivity contribution is 0.485. The molecule has 1 atom stereocenters. The Hall–Kier alpha value is -0.130. The number of benzene rings is 1. The maximum Gasteiger partial charge on any atom is 0.0470 e. The van der Waals surface area contributed by atoms with Crippen molar-refractivity contribution < 1.29 is 0 Å². The smallest absolute Gasteiger partial charge is 0.0470 e. The minimum atomic E-state index is 0.296. The van der Waals surface area contributed by atoms with Crippen molar-refractivity contribution in [3.8, 4) is 0 Å². The number of nitrogens with one attached hydrogen (secondary N) is 1. The fourth-order valence-corrected chi connectivity index (χ4v) is 2.45. The summed E-state index contributed by atoms with van der Waals surface area (Å²) in [7, 11) is 0. The predicted molar refractivity (Wildman–Crippen MR) is 73.4 cm³/mol. The van der Waals surface area contributed by atoms with E-state index in [1.807, 2.05) is 0 Å². The molecule has 3 heteroatoms. The largest absolute Gasteiger partial charge is 0.271 e. The van der Waals surface area contributed by atoms with Crippen molar-refractivity contribution in [2.45, 2.75) is 38.6 Å². The van der Waals surface area contributed by atoms with Crippen LogP contribution in [0.25, 0.3) is 0 Å². The third-order valence-electron chi connectivity index (χ3n) is 2.58. The monoisotopic (exact) mass is 318 g/mol. The van der Waals surface area contributed by atoms with Crippen molar-refractivity contribution in [2.75, 3.05) is 0 Å². The maximum absolute atomic E-state index is 5.60. The lowest BCUT2D eigenvalue weighted by Gasteiger charge is -2.17. The van der Waals surface area contributed by atoms with Gasteiger partial charge in [-0.15, -0.1) is 0 Å². The van der Waals surface area contributed by atoms with E-state index < -0.39 is 0 Å². The molecule has 2 nitrogen and oxygen atoms in total. The number of hydrogen-bond donors (Lipinski definition) is 2. The van der Waals surface area contributed by atoms with E-state index in [1.165, 1.54) is 28.4 Å². The summed E-state index contributed by atoms with van der Waals surface area (Å²) in [5, 5.41) is 0. The fourth-order valence-electron chi connectivity index (χ4n) is 1.68. The fraction of sp³-hybridized carbons (Fsp3) is 0.500. The first-order valence-electron chi connectivity index (χ1n) is 5.50. The zero-order valence-corrected chi connectivity index (χ0v) is 11.3. The predicted octanol–water partition coefficient (Wildman–Crippen LogP) is 3.38. The molecule has 0 amide bonds. The summed E-state index contributed by atoms with van der Waals surface area (Å²) in [6, 6.07) is 8.70. The number of rotatable bonds is 6. The Kier molecular flexibility index (Phi) is 6.20. The second-order valence-electron chi connectivity index (χ2n) is 3.74. The third kappa shape index (κ3) is 4.09. The molecule has 0 aromatic heterocycles. The van der Waals surface area contributed by atoms with Gasteiger partial charge in [0.1, 0.15) is 0 Å². The van der Waals surface area contributed by atoms with Crippen LogP contribution in [0, 0.1) is 3.57 Å². The van der Waals surface area contributed by atoms with Gasteiger partial charge in [-0.3, -0.25) is 11.3 Å². The molecule has 1 rings (SSSR count). The number of nitrogens with two attached hydrogens (primary N) is 1. The number of hydrazine groups is 1. The van der Waals surface area contributed by atoms with Gasteiger partial charge < -0.3 is 0 Å². The molecule has 0 saturated heterocycles. The van der Waals surface area contributed by atoms with E-state index in [-0.39, 0.29) is 0 Å². The van der Waals surface area contributed by atoms with Crippen LogP contribution in [-0.2, 0) is 0 Å². The molecule has 0 saturated carbocycles. The molecule has 0 aliphatic heterocycles. The molecule has 0 bridgehead atoms. The Balaban J connectivity index is 2.61. The highest BCUT2D eigenvalue weighted by Gasteiger charge is 2.11. The van der Waals surface area contributed by atoms with Gasteiger partial charge in [0.25, 0.3) is 0 Å². The summed E-state index contributed by atoms with van der Waals surface area (Å²) < 4.78 is 1.29. The van der Waals surface area contributed by atoms with Gasteiger partial charge in [0.2, 0.25) is 0 Å². The van der Waals surface area contributed by atoms with Crippen LogP contribution in [0.15, 0.2) is 24.3 Å². The van der Waals surface area contributed by atoms with Gasteiger partial charge in [-0.05, 0) is 40.6 Å². The molecule has 15 heavy (non-hydrogen) atoms. The summed E-state index contributed by atoms with van der Waals surface area (Å²) >= 11 is 2.36. The van der Waals surface area contributed by atoms with E-state index in [9.17, 15) is 0 Å². The third-order valence-corrected chi connectivity index (χ3v) is 3.56. The van der Waals surface area contributed by atoms with Gasteiger partial charge >= 0.3 is 0 Å². The highest BCUT2D eigenvalue weighted by atomic mass is 127. The van der Waals surface area contributed by atoms with Gasteiger partial charge in [-0.1, -0.05) is 44.4 Å². The zero-order chi connectivity index (χ0) is 11.1. The van der Waals surface area contributed by atoms with Crippen LogP contribution in [0.3, 0.4) is 0 Å². The molecule has 0 spiro atoms. The second kappa shape index (κ2) is 7.19. The summed E-state index contributed by atoms with van der Waals surface area (Å²) in [5.74, 6) is 5.60. The first-order chi connectivity index (χ1) is 7.29. The first kappa shape index (κ1) is 12.9. The summed E-state index contributed by atoms with van der Waals surface area (Å²) in [6.07, 6.45) is 4.88. The molecule has 1 aromatic carbocycles. The van der Waals surface area contributed by atoms with Gasteiger partial charge in [-0.25, -0.2) is 0 Å². The standard InChI is InChI=1S/C12H19IN2/c1-2-3-4-9-12(15-14)10-7-5-6-8-11(10)13/h5-8,12,15H,2-4,9,14H2,1H3. The van der Waals surface area contributed by atoms with Crippen molar-refractivity contribution >= 4 is 22.6 Å². The second-order valence-corrected chi connectivity index (χ2v) is 4.90. The number of unbranched alkanes of at least 4 members (excludes halogenated alkanes) is 2. The maximum atomic E-state index is 5.60. The van der Waals surface area contributed by atoms with E-state index in [2.05, 4.69) is 59.2 Å². The average Bonchev–Trinajstić information content (AvgIpc) is 2.26. The number of hydrogen-bond acceptors (Lipinski definition) is 2. The Labute approximate surface area is 106 Å². The molecule has 0 aliphatic carbocycles. The SMILES string of the molecule is CCCCCC(NN)c1ccccc1I. The van der Waals surface area contributed by atoms with Crippen LogP contribution in [0.2, 0.25) is 0 Å². The first-order valence-corrected chi connectivity index (χ1v) is 6.58. The van der Waals surface area contributed by atoms with Crippen LogP contribution < -0.4 is 11.3 Å². The summed E-state index contributed by atoms with van der Waals surface area (Å²) in [6.45, 7) is 2.22. The van der Waals surface area contributed by atoms with Crippen molar-refractivity contribution in [3.05, 3.63) is 33.4 Å². The molecule has 0 aliphatic rings. The Bertz CT molecular complexity index is 289. The Morgan fingerprint density at radius 3 is 2.67 bits per heavy atom. The minimum Gasteiger partial charge on any atom is -0.271 e. The molecule has 1 unspecified atom stereocenters. The van der Waals surface area contributed by atoms with Crippen molar-refractivity contribution in [1.82, 2.24) is 5.43 Å². The molecule has 0 fully saturated rings. The molecular weight excluding hydrogens is 299 g/mol. The highest BCUT2D eigenvalue weighted by Crippen LogP contribution is 2.23. The molecule has 1 aromatic rings.